The first-order valence-electron chi connectivity index (χ1n) is 14.1. The van der Waals surface area contributed by atoms with E-state index in [1.165, 1.54) is 23.1 Å². The van der Waals surface area contributed by atoms with E-state index in [-0.39, 0.29) is 23.9 Å². The number of nitrogens with zero attached hydrogens (tertiary/aromatic N) is 5. The molecule has 0 bridgehead atoms. The SMILES string of the molecule is COc1ccc(-c2ccc(N3CCN(C(=O)CN(CCc4ccccc4)C(=O)c4cccc(F)c4)CC3)nn2)c(OC)c1. The monoisotopic (exact) mass is 583 g/mol. The van der Waals surface area contributed by atoms with Gasteiger partial charge in [-0.1, -0.05) is 36.4 Å². The van der Waals surface area contributed by atoms with Gasteiger partial charge in [0.25, 0.3) is 5.91 Å². The van der Waals surface area contributed by atoms with E-state index in [0.29, 0.717) is 62.2 Å². The lowest BCUT2D eigenvalue weighted by atomic mass is 10.1. The molecule has 1 saturated heterocycles. The molecule has 5 rings (SSSR count). The molecule has 0 unspecified atom stereocenters. The van der Waals surface area contributed by atoms with E-state index in [4.69, 9.17) is 9.47 Å². The van der Waals surface area contributed by atoms with Crippen molar-refractivity contribution in [2.75, 3.05) is 58.4 Å². The maximum absolute atomic E-state index is 13.9. The fourth-order valence-electron chi connectivity index (χ4n) is 5.06. The van der Waals surface area contributed by atoms with Gasteiger partial charge in [0.1, 0.15) is 23.9 Å². The van der Waals surface area contributed by atoms with Crippen molar-refractivity contribution in [1.29, 1.82) is 0 Å². The largest absolute Gasteiger partial charge is 0.497 e. The van der Waals surface area contributed by atoms with Gasteiger partial charge in [0, 0.05) is 49.9 Å². The van der Waals surface area contributed by atoms with Crippen molar-refractivity contribution in [3.05, 3.63) is 102 Å². The van der Waals surface area contributed by atoms with Crippen LogP contribution >= 0.6 is 0 Å². The van der Waals surface area contributed by atoms with Crippen LogP contribution in [0.3, 0.4) is 0 Å². The molecule has 222 valence electrons. The number of benzene rings is 3. The molecule has 0 saturated carbocycles. The van der Waals surface area contributed by atoms with Crippen molar-refractivity contribution >= 4 is 17.6 Å². The van der Waals surface area contributed by atoms with Crippen molar-refractivity contribution in [2.45, 2.75) is 6.42 Å². The third-order valence-electron chi connectivity index (χ3n) is 7.49. The summed E-state index contributed by atoms with van der Waals surface area (Å²) >= 11 is 0. The molecule has 0 aliphatic carbocycles. The number of rotatable bonds is 10. The molecule has 2 amide bonds. The van der Waals surface area contributed by atoms with Crippen LogP contribution in [0.25, 0.3) is 11.3 Å². The van der Waals surface area contributed by atoms with E-state index in [0.717, 1.165) is 11.1 Å². The maximum Gasteiger partial charge on any atom is 0.254 e. The molecule has 9 nitrogen and oxygen atoms in total. The smallest absolute Gasteiger partial charge is 0.254 e. The minimum atomic E-state index is -0.490. The van der Waals surface area contributed by atoms with Gasteiger partial charge in [-0.2, -0.15) is 0 Å². The summed E-state index contributed by atoms with van der Waals surface area (Å²) in [6.45, 7) is 2.37. The Labute approximate surface area is 250 Å². The number of methoxy groups -OCH3 is 2. The van der Waals surface area contributed by atoms with Gasteiger partial charge in [-0.3, -0.25) is 9.59 Å². The highest BCUT2D eigenvalue weighted by Gasteiger charge is 2.26. The molecule has 4 aromatic rings. The Morgan fingerprint density at radius 2 is 1.65 bits per heavy atom. The molecule has 43 heavy (non-hydrogen) atoms. The maximum atomic E-state index is 13.9. The average molecular weight is 584 g/mol. The first kappa shape index (κ1) is 29.5. The number of halogens is 1. The van der Waals surface area contributed by atoms with Gasteiger partial charge >= 0.3 is 0 Å². The van der Waals surface area contributed by atoms with Crippen LogP contribution in [0.15, 0.2) is 84.9 Å². The topological polar surface area (TPSA) is 88.1 Å². The number of hydrogen-bond acceptors (Lipinski definition) is 7. The zero-order chi connectivity index (χ0) is 30.2. The lowest BCUT2D eigenvalue weighted by Gasteiger charge is -2.36. The highest BCUT2D eigenvalue weighted by molar-refractivity contribution is 5.96. The van der Waals surface area contributed by atoms with Gasteiger partial charge in [0.15, 0.2) is 5.82 Å². The number of piperazine rings is 1. The third kappa shape index (κ3) is 7.27. The van der Waals surface area contributed by atoms with Crippen LogP contribution in [0, 0.1) is 5.82 Å². The summed E-state index contributed by atoms with van der Waals surface area (Å²) in [5, 5.41) is 8.85. The van der Waals surface area contributed by atoms with E-state index in [9.17, 15) is 14.0 Å². The van der Waals surface area contributed by atoms with Crippen LogP contribution in [0.5, 0.6) is 11.5 Å². The molecular formula is C33H34FN5O4. The number of carbonyl (C=O) groups is 2. The molecule has 2 heterocycles. The molecule has 1 aromatic heterocycles. The number of ether oxygens (including phenoxy) is 2. The van der Waals surface area contributed by atoms with E-state index in [1.807, 2.05) is 54.6 Å². The number of carbonyl (C=O) groups excluding carboxylic acids is 2. The molecule has 1 fully saturated rings. The quantitative estimate of drug-likeness (QED) is 0.275. The third-order valence-corrected chi connectivity index (χ3v) is 7.49. The minimum Gasteiger partial charge on any atom is -0.497 e. The standard InChI is InChI=1S/C33H34FN5O4/c1-42-27-11-12-28(30(22-27)43-2)29-13-14-31(36-35-29)37-17-19-38(20-18-37)32(40)23-39(16-15-24-7-4-3-5-8-24)33(41)25-9-6-10-26(34)21-25/h3-14,21-22H,15-20,23H2,1-2H3. The molecule has 3 aromatic carbocycles. The number of hydrogen-bond donors (Lipinski definition) is 0. The predicted molar refractivity (Wildman–Crippen MR) is 162 cm³/mol. The van der Waals surface area contributed by atoms with Crippen LogP contribution in [0.4, 0.5) is 10.2 Å². The Hall–Kier alpha value is -4.99. The predicted octanol–water partition coefficient (Wildman–Crippen LogP) is 4.33. The highest BCUT2D eigenvalue weighted by atomic mass is 19.1. The van der Waals surface area contributed by atoms with E-state index in [1.54, 1.807) is 31.3 Å². The van der Waals surface area contributed by atoms with Gasteiger partial charge < -0.3 is 24.2 Å². The zero-order valence-corrected chi connectivity index (χ0v) is 24.3. The summed E-state index contributed by atoms with van der Waals surface area (Å²) in [5.74, 6) is 1.04. The van der Waals surface area contributed by atoms with Gasteiger partial charge in [-0.15, -0.1) is 10.2 Å². The minimum absolute atomic E-state index is 0.0830. The van der Waals surface area contributed by atoms with E-state index in [2.05, 4.69) is 15.1 Å². The molecule has 0 radical (unpaired) electrons. The van der Waals surface area contributed by atoms with Crippen LogP contribution in [-0.4, -0.2) is 85.3 Å². The lowest BCUT2D eigenvalue weighted by Crippen LogP contribution is -2.52. The summed E-state index contributed by atoms with van der Waals surface area (Å²) in [7, 11) is 3.20. The first-order chi connectivity index (χ1) is 20.9. The number of amides is 2. The lowest BCUT2D eigenvalue weighted by molar-refractivity contribution is -0.132. The van der Waals surface area contributed by atoms with Crippen LogP contribution in [-0.2, 0) is 11.2 Å². The second-order valence-electron chi connectivity index (χ2n) is 10.2. The van der Waals surface area contributed by atoms with Crippen LogP contribution in [0.2, 0.25) is 0 Å². The van der Waals surface area contributed by atoms with Crippen LogP contribution < -0.4 is 14.4 Å². The molecule has 0 atom stereocenters. The summed E-state index contributed by atoms with van der Waals surface area (Å²) in [6.07, 6.45) is 0.583. The normalized spacial score (nSPS) is 13.0. The van der Waals surface area contributed by atoms with Gasteiger partial charge in [-0.05, 0) is 54.4 Å². The van der Waals surface area contributed by atoms with Crippen molar-refractivity contribution in [3.8, 4) is 22.8 Å². The first-order valence-corrected chi connectivity index (χ1v) is 14.1. The highest BCUT2D eigenvalue weighted by Crippen LogP contribution is 2.32. The van der Waals surface area contributed by atoms with Gasteiger partial charge in [0.2, 0.25) is 5.91 Å². The second kappa shape index (κ2) is 13.8. The van der Waals surface area contributed by atoms with Crippen molar-refractivity contribution < 1.29 is 23.5 Å². The average Bonchev–Trinajstić information content (AvgIpc) is 3.06. The molecule has 10 heteroatoms. The van der Waals surface area contributed by atoms with E-state index >= 15 is 0 Å². The Kier molecular flexibility index (Phi) is 9.46. The fraction of sp³-hybridized carbons (Fsp3) is 0.273. The Morgan fingerprint density at radius 3 is 2.33 bits per heavy atom. The van der Waals surface area contributed by atoms with Crippen molar-refractivity contribution in [3.63, 3.8) is 0 Å². The fourth-order valence-corrected chi connectivity index (χ4v) is 5.06. The van der Waals surface area contributed by atoms with Gasteiger partial charge in [0.05, 0.1) is 19.9 Å². The summed E-state index contributed by atoms with van der Waals surface area (Å²) in [5.41, 5.74) is 2.76. The van der Waals surface area contributed by atoms with Crippen LogP contribution in [0.1, 0.15) is 15.9 Å². The number of aromatic nitrogens is 2. The molecule has 1 aliphatic rings. The molecule has 1 aliphatic heterocycles. The zero-order valence-electron chi connectivity index (χ0n) is 24.3. The second-order valence-corrected chi connectivity index (χ2v) is 10.2. The summed E-state index contributed by atoms with van der Waals surface area (Å²) in [4.78, 5) is 32.0. The summed E-state index contributed by atoms with van der Waals surface area (Å²) < 4.78 is 24.6. The van der Waals surface area contributed by atoms with Gasteiger partial charge in [-0.25, -0.2) is 4.39 Å². The van der Waals surface area contributed by atoms with Crippen molar-refractivity contribution in [2.24, 2.45) is 0 Å². The van der Waals surface area contributed by atoms with E-state index < -0.39 is 5.82 Å². The molecule has 0 spiro atoms. The summed E-state index contributed by atoms with van der Waals surface area (Å²) in [6, 6.07) is 24.7. The Bertz CT molecular complexity index is 1540. The molecular weight excluding hydrogens is 549 g/mol. The number of anilines is 1. The Morgan fingerprint density at radius 1 is 0.860 bits per heavy atom. The molecule has 0 N–H and O–H groups in total. The van der Waals surface area contributed by atoms with Crippen molar-refractivity contribution in [1.82, 2.24) is 20.0 Å². The Balaban J connectivity index is 1.21.